The minimum absolute atomic E-state index is 0. The van der Waals surface area contributed by atoms with Gasteiger partial charge in [0, 0.05) is 45.7 Å². The number of halogens is 2. The largest absolute Gasteiger partial charge is 0.356 e. The lowest BCUT2D eigenvalue weighted by Gasteiger charge is -2.33. The van der Waals surface area contributed by atoms with Crippen LogP contribution in [0.15, 0.2) is 0 Å². The van der Waals surface area contributed by atoms with E-state index in [-0.39, 0.29) is 30.7 Å². The van der Waals surface area contributed by atoms with Gasteiger partial charge in [-0.05, 0) is 44.8 Å². The molecular weight excluding hydrogens is 335 g/mol. The number of rotatable bonds is 7. The van der Waals surface area contributed by atoms with E-state index in [4.69, 9.17) is 0 Å². The van der Waals surface area contributed by atoms with Gasteiger partial charge in [-0.1, -0.05) is 6.92 Å². The van der Waals surface area contributed by atoms with Crippen molar-refractivity contribution in [3.05, 3.63) is 0 Å². The molecule has 2 fully saturated rings. The Kier molecular flexibility index (Phi) is 13.2. The van der Waals surface area contributed by atoms with Crippen molar-refractivity contribution in [2.24, 2.45) is 5.92 Å². The average Bonchev–Trinajstić information content (AvgIpc) is 2.54. The van der Waals surface area contributed by atoms with Crippen LogP contribution in [-0.4, -0.2) is 74.6 Å². The lowest BCUT2D eigenvalue weighted by molar-refractivity contribution is -0.121. The molecule has 5 nitrogen and oxygen atoms in total. The Hall–Kier alpha value is -0.0700. The molecule has 1 amide bonds. The monoisotopic (exact) mass is 368 g/mol. The van der Waals surface area contributed by atoms with E-state index in [1.54, 1.807) is 0 Å². The van der Waals surface area contributed by atoms with Crippen LogP contribution in [-0.2, 0) is 4.79 Å². The molecule has 0 aromatic carbocycles. The summed E-state index contributed by atoms with van der Waals surface area (Å²) in [4.78, 5) is 16.8. The van der Waals surface area contributed by atoms with Gasteiger partial charge in [0.25, 0.3) is 0 Å². The maximum Gasteiger partial charge on any atom is 0.221 e. The molecule has 0 spiro atoms. The first kappa shape index (κ1) is 22.9. The highest BCUT2D eigenvalue weighted by Crippen LogP contribution is 2.12. The van der Waals surface area contributed by atoms with Crippen LogP contribution in [0.4, 0.5) is 0 Å². The second kappa shape index (κ2) is 13.2. The number of nitrogens with zero attached hydrogens (tertiary/aromatic N) is 2. The van der Waals surface area contributed by atoms with Crippen LogP contribution in [0.5, 0.6) is 0 Å². The van der Waals surface area contributed by atoms with Gasteiger partial charge in [0.2, 0.25) is 5.91 Å². The van der Waals surface area contributed by atoms with Gasteiger partial charge >= 0.3 is 0 Å². The number of amides is 1. The van der Waals surface area contributed by atoms with Gasteiger partial charge in [0.15, 0.2) is 0 Å². The fourth-order valence-electron chi connectivity index (χ4n) is 3.26. The Morgan fingerprint density at radius 3 is 2.48 bits per heavy atom. The van der Waals surface area contributed by atoms with Gasteiger partial charge in [-0.15, -0.1) is 24.8 Å². The molecule has 2 heterocycles. The van der Waals surface area contributed by atoms with Crippen molar-refractivity contribution < 1.29 is 4.79 Å². The molecule has 2 aliphatic rings. The maximum absolute atomic E-state index is 11.9. The molecule has 0 saturated carbocycles. The second-order valence-electron chi connectivity index (χ2n) is 6.38. The van der Waals surface area contributed by atoms with E-state index in [0.29, 0.717) is 6.42 Å². The van der Waals surface area contributed by atoms with Crippen LogP contribution >= 0.6 is 24.8 Å². The van der Waals surface area contributed by atoms with Crippen molar-refractivity contribution in [1.29, 1.82) is 0 Å². The maximum atomic E-state index is 11.9. The molecule has 0 aromatic heterocycles. The number of nitrogens with one attached hydrogen (secondary N) is 2. The van der Waals surface area contributed by atoms with Crippen LogP contribution < -0.4 is 10.6 Å². The summed E-state index contributed by atoms with van der Waals surface area (Å²) in [7, 11) is 0. The average molecular weight is 369 g/mol. The minimum atomic E-state index is 0. The summed E-state index contributed by atoms with van der Waals surface area (Å²) in [6.45, 7) is 11.9. The Balaban J connectivity index is 0.00000242. The molecule has 2 saturated heterocycles. The Morgan fingerprint density at radius 1 is 1.17 bits per heavy atom. The molecule has 0 radical (unpaired) electrons. The van der Waals surface area contributed by atoms with Crippen molar-refractivity contribution in [2.45, 2.75) is 32.6 Å². The van der Waals surface area contributed by atoms with Crippen molar-refractivity contribution in [3.8, 4) is 0 Å². The molecular formula is C16H34Cl2N4O. The summed E-state index contributed by atoms with van der Waals surface area (Å²) < 4.78 is 0. The first-order chi connectivity index (χ1) is 10.3. The van der Waals surface area contributed by atoms with Crippen LogP contribution in [0.3, 0.4) is 0 Å². The third-order valence-electron chi connectivity index (χ3n) is 4.84. The summed E-state index contributed by atoms with van der Waals surface area (Å²) in [5.41, 5.74) is 0. The number of likely N-dealkylation sites (N-methyl/N-ethyl adjacent to an activating group) is 1. The van der Waals surface area contributed by atoms with E-state index in [1.165, 1.54) is 12.8 Å². The third kappa shape index (κ3) is 9.11. The molecule has 0 aliphatic carbocycles. The smallest absolute Gasteiger partial charge is 0.221 e. The van der Waals surface area contributed by atoms with E-state index in [9.17, 15) is 4.79 Å². The van der Waals surface area contributed by atoms with E-state index < -0.39 is 0 Å². The van der Waals surface area contributed by atoms with Gasteiger partial charge in [-0.3, -0.25) is 4.79 Å². The second-order valence-corrected chi connectivity index (χ2v) is 6.38. The zero-order valence-corrected chi connectivity index (χ0v) is 16.0. The predicted octanol–water partition coefficient (Wildman–Crippen LogP) is 1.36. The molecule has 138 valence electrons. The molecule has 0 bridgehead atoms. The highest BCUT2D eigenvalue weighted by Gasteiger charge is 2.16. The highest BCUT2D eigenvalue weighted by atomic mass is 35.5. The standard InChI is InChI=1S/C16H32N4O.2ClH/c1-2-19-10-12-20(13-11-19)9-6-16(21)18-8-5-15-4-3-7-17-14-15;;/h15,17H,2-14H2,1H3,(H,18,21);2*1H. The van der Waals surface area contributed by atoms with E-state index in [0.717, 1.165) is 71.2 Å². The number of piperazine rings is 1. The molecule has 7 heteroatoms. The van der Waals surface area contributed by atoms with Crippen LogP contribution in [0.2, 0.25) is 0 Å². The third-order valence-corrected chi connectivity index (χ3v) is 4.84. The number of piperidine rings is 1. The summed E-state index contributed by atoms with van der Waals surface area (Å²) in [6, 6.07) is 0. The summed E-state index contributed by atoms with van der Waals surface area (Å²) in [6.07, 6.45) is 4.36. The SMILES string of the molecule is CCN1CCN(CCC(=O)NCCC2CCCNC2)CC1.Cl.Cl. The molecule has 2 N–H and O–H groups in total. The van der Waals surface area contributed by atoms with Crippen molar-refractivity contribution in [1.82, 2.24) is 20.4 Å². The normalized spacial score (nSPS) is 22.7. The Morgan fingerprint density at radius 2 is 1.87 bits per heavy atom. The highest BCUT2D eigenvalue weighted by molar-refractivity contribution is 5.85. The lowest BCUT2D eigenvalue weighted by Crippen LogP contribution is -2.47. The summed E-state index contributed by atoms with van der Waals surface area (Å²) in [5.74, 6) is 0.970. The van der Waals surface area contributed by atoms with Gasteiger partial charge < -0.3 is 20.4 Å². The topological polar surface area (TPSA) is 47.6 Å². The molecule has 1 unspecified atom stereocenters. The first-order valence-electron chi connectivity index (χ1n) is 8.70. The fourth-order valence-corrected chi connectivity index (χ4v) is 3.26. The van der Waals surface area contributed by atoms with E-state index in [2.05, 4.69) is 27.4 Å². The molecule has 2 aliphatic heterocycles. The molecule has 23 heavy (non-hydrogen) atoms. The minimum Gasteiger partial charge on any atom is -0.356 e. The predicted molar refractivity (Wildman–Crippen MR) is 101 cm³/mol. The Labute approximate surface area is 153 Å². The van der Waals surface area contributed by atoms with Gasteiger partial charge in [0.05, 0.1) is 0 Å². The van der Waals surface area contributed by atoms with E-state index >= 15 is 0 Å². The molecule has 1 atom stereocenters. The van der Waals surface area contributed by atoms with Crippen LogP contribution in [0, 0.1) is 5.92 Å². The number of carbonyl (C=O) groups is 1. The van der Waals surface area contributed by atoms with Gasteiger partial charge in [0.1, 0.15) is 0 Å². The van der Waals surface area contributed by atoms with Crippen molar-refractivity contribution in [3.63, 3.8) is 0 Å². The van der Waals surface area contributed by atoms with Crippen molar-refractivity contribution >= 4 is 30.7 Å². The fraction of sp³-hybridized carbons (Fsp3) is 0.938. The van der Waals surface area contributed by atoms with Gasteiger partial charge in [-0.25, -0.2) is 0 Å². The number of hydrogen-bond donors (Lipinski definition) is 2. The first-order valence-corrected chi connectivity index (χ1v) is 8.70. The van der Waals surface area contributed by atoms with Crippen LogP contribution in [0.25, 0.3) is 0 Å². The quantitative estimate of drug-likeness (QED) is 0.712. The number of carbonyl (C=O) groups excluding carboxylic acids is 1. The molecule has 2 rings (SSSR count). The van der Waals surface area contributed by atoms with Gasteiger partial charge in [-0.2, -0.15) is 0 Å². The zero-order chi connectivity index (χ0) is 14.9. The van der Waals surface area contributed by atoms with Crippen molar-refractivity contribution in [2.75, 3.05) is 58.9 Å². The number of hydrogen-bond acceptors (Lipinski definition) is 4. The summed E-state index contributed by atoms with van der Waals surface area (Å²) in [5, 5.41) is 6.51. The lowest BCUT2D eigenvalue weighted by atomic mass is 9.96. The summed E-state index contributed by atoms with van der Waals surface area (Å²) >= 11 is 0. The molecule has 0 aromatic rings. The Bertz CT molecular complexity index is 306. The zero-order valence-electron chi connectivity index (χ0n) is 14.4. The van der Waals surface area contributed by atoms with E-state index in [1.807, 2.05) is 0 Å². The van der Waals surface area contributed by atoms with Crippen LogP contribution in [0.1, 0.15) is 32.6 Å².